The van der Waals surface area contributed by atoms with E-state index in [0.717, 1.165) is 43.0 Å². The van der Waals surface area contributed by atoms with Crippen molar-refractivity contribution in [3.8, 4) is 5.75 Å². The number of nitrogens with one attached hydrogen (secondary N) is 1. The van der Waals surface area contributed by atoms with Crippen molar-refractivity contribution in [1.29, 1.82) is 0 Å². The zero-order valence-electron chi connectivity index (χ0n) is 14.2. The van der Waals surface area contributed by atoms with Crippen molar-refractivity contribution in [2.75, 3.05) is 19.7 Å². The van der Waals surface area contributed by atoms with Gasteiger partial charge >= 0.3 is 0 Å². The van der Waals surface area contributed by atoms with Crippen molar-refractivity contribution in [3.63, 3.8) is 0 Å². The lowest BCUT2D eigenvalue weighted by molar-refractivity contribution is 0.114. The first-order valence-corrected chi connectivity index (χ1v) is 8.70. The lowest BCUT2D eigenvalue weighted by atomic mass is 10.1. The highest BCUT2D eigenvalue weighted by Gasteiger charge is 2.21. The minimum Gasteiger partial charge on any atom is -0.489 e. The van der Waals surface area contributed by atoms with Crippen LogP contribution in [0.15, 0.2) is 60.7 Å². The van der Waals surface area contributed by atoms with Crippen LogP contribution in [0, 0.1) is 0 Å². The molecule has 1 heterocycles. The third-order valence-electron chi connectivity index (χ3n) is 4.04. The fraction of sp³-hybridized carbons (Fsp3) is 0.333. The zero-order chi connectivity index (χ0) is 16.6. The summed E-state index contributed by atoms with van der Waals surface area (Å²) in [6, 6.07) is 18.5. The number of fused-ring (bicyclic) bond motifs is 1. The van der Waals surface area contributed by atoms with Crippen molar-refractivity contribution >= 4 is 5.76 Å². The van der Waals surface area contributed by atoms with Gasteiger partial charge in [-0.3, -0.25) is 0 Å². The second-order valence-corrected chi connectivity index (χ2v) is 6.01. The summed E-state index contributed by atoms with van der Waals surface area (Å²) < 4.78 is 12.2. The van der Waals surface area contributed by atoms with Gasteiger partial charge in [-0.2, -0.15) is 0 Å². The summed E-state index contributed by atoms with van der Waals surface area (Å²) in [5.41, 5.74) is 2.31. The largest absolute Gasteiger partial charge is 0.489 e. The molecule has 1 aliphatic heterocycles. The van der Waals surface area contributed by atoms with Crippen molar-refractivity contribution < 1.29 is 9.47 Å². The molecule has 0 aliphatic carbocycles. The van der Waals surface area contributed by atoms with Gasteiger partial charge in [-0.15, -0.1) is 0 Å². The Morgan fingerprint density at radius 1 is 1.08 bits per heavy atom. The maximum atomic E-state index is 6.28. The Kier molecular flexibility index (Phi) is 5.91. The molecule has 1 atom stereocenters. The van der Waals surface area contributed by atoms with Crippen LogP contribution in [0.25, 0.3) is 5.76 Å². The first-order chi connectivity index (χ1) is 11.9. The molecular formula is C21H25NO2. The Hall–Kier alpha value is -2.26. The molecular weight excluding hydrogens is 298 g/mol. The van der Waals surface area contributed by atoms with Gasteiger partial charge in [0.25, 0.3) is 0 Å². The second-order valence-electron chi connectivity index (χ2n) is 6.01. The average Bonchev–Trinajstić information content (AvgIpc) is 2.81. The second kappa shape index (κ2) is 8.55. The lowest BCUT2D eigenvalue weighted by Gasteiger charge is -2.17. The highest BCUT2D eigenvalue weighted by Crippen LogP contribution is 2.31. The SMILES string of the molecule is CCCNCC1COc2ccccc2C(=CCc2ccccc2)O1. The third kappa shape index (κ3) is 4.39. The molecule has 0 radical (unpaired) electrons. The minimum absolute atomic E-state index is 0.0194. The lowest BCUT2D eigenvalue weighted by Crippen LogP contribution is -2.33. The Morgan fingerprint density at radius 2 is 1.88 bits per heavy atom. The summed E-state index contributed by atoms with van der Waals surface area (Å²) in [5, 5.41) is 3.42. The van der Waals surface area contributed by atoms with Gasteiger partial charge in [-0.05, 0) is 43.2 Å². The van der Waals surface area contributed by atoms with Gasteiger partial charge in [0, 0.05) is 6.54 Å². The highest BCUT2D eigenvalue weighted by molar-refractivity contribution is 5.66. The van der Waals surface area contributed by atoms with Crippen molar-refractivity contribution in [1.82, 2.24) is 5.32 Å². The summed E-state index contributed by atoms with van der Waals surface area (Å²) in [7, 11) is 0. The van der Waals surface area contributed by atoms with Crippen LogP contribution >= 0.6 is 0 Å². The number of allylic oxidation sites excluding steroid dienone is 1. The van der Waals surface area contributed by atoms with Crippen LogP contribution in [0.5, 0.6) is 5.75 Å². The molecule has 0 saturated carbocycles. The van der Waals surface area contributed by atoms with E-state index in [4.69, 9.17) is 9.47 Å². The Labute approximate surface area is 144 Å². The van der Waals surface area contributed by atoms with Gasteiger partial charge < -0.3 is 14.8 Å². The molecule has 1 unspecified atom stereocenters. The number of benzene rings is 2. The highest BCUT2D eigenvalue weighted by atomic mass is 16.5. The topological polar surface area (TPSA) is 30.5 Å². The summed E-state index contributed by atoms with van der Waals surface area (Å²) in [5.74, 6) is 1.81. The summed E-state index contributed by atoms with van der Waals surface area (Å²) >= 11 is 0. The van der Waals surface area contributed by atoms with Crippen LogP contribution in [-0.2, 0) is 11.2 Å². The molecule has 0 spiro atoms. The van der Waals surface area contributed by atoms with Crippen LogP contribution in [0.2, 0.25) is 0 Å². The van der Waals surface area contributed by atoms with Crippen LogP contribution in [0.3, 0.4) is 0 Å². The summed E-state index contributed by atoms with van der Waals surface area (Å²) in [6.07, 6.45) is 4.14. The molecule has 24 heavy (non-hydrogen) atoms. The molecule has 0 aromatic heterocycles. The Morgan fingerprint density at radius 3 is 2.71 bits per heavy atom. The predicted molar refractivity (Wildman–Crippen MR) is 98.1 cm³/mol. The quantitative estimate of drug-likeness (QED) is 0.814. The summed E-state index contributed by atoms with van der Waals surface area (Å²) in [4.78, 5) is 0. The zero-order valence-corrected chi connectivity index (χ0v) is 14.2. The van der Waals surface area contributed by atoms with Gasteiger partial charge in [0.1, 0.15) is 24.2 Å². The molecule has 0 saturated heterocycles. The summed E-state index contributed by atoms with van der Waals surface area (Å²) in [6.45, 7) is 4.52. The molecule has 3 rings (SSSR count). The molecule has 1 aliphatic rings. The van der Waals surface area contributed by atoms with Gasteiger partial charge in [-0.25, -0.2) is 0 Å². The van der Waals surface area contributed by atoms with Crippen LogP contribution in [0.1, 0.15) is 24.5 Å². The van der Waals surface area contributed by atoms with Gasteiger partial charge in [-0.1, -0.05) is 49.4 Å². The van der Waals surface area contributed by atoms with E-state index in [1.165, 1.54) is 5.56 Å². The molecule has 3 nitrogen and oxygen atoms in total. The van der Waals surface area contributed by atoms with Crippen molar-refractivity contribution in [3.05, 3.63) is 71.8 Å². The van der Waals surface area contributed by atoms with Gasteiger partial charge in [0.15, 0.2) is 0 Å². The molecule has 0 amide bonds. The molecule has 3 heteroatoms. The minimum atomic E-state index is 0.0194. The molecule has 0 bridgehead atoms. The number of ether oxygens (including phenoxy) is 2. The third-order valence-corrected chi connectivity index (χ3v) is 4.04. The number of hydrogen-bond acceptors (Lipinski definition) is 3. The number of hydrogen-bond donors (Lipinski definition) is 1. The predicted octanol–water partition coefficient (Wildman–Crippen LogP) is 4.05. The van der Waals surface area contributed by atoms with E-state index in [0.29, 0.717) is 6.61 Å². The molecule has 2 aromatic carbocycles. The monoisotopic (exact) mass is 323 g/mol. The fourth-order valence-electron chi connectivity index (χ4n) is 2.78. The van der Waals surface area contributed by atoms with E-state index in [2.05, 4.69) is 48.6 Å². The maximum absolute atomic E-state index is 6.28. The molecule has 1 N–H and O–H groups in total. The van der Waals surface area contributed by atoms with E-state index < -0.39 is 0 Å². The van der Waals surface area contributed by atoms with E-state index >= 15 is 0 Å². The normalized spacial score (nSPS) is 18.4. The fourth-order valence-corrected chi connectivity index (χ4v) is 2.78. The van der Waals surface area contributed by atoms with E-state index in [9.17, 15) is 0 Å². The molecule has 0 fully saturated rings. The van der Waals surface area contributed by atoms with Crippen molar-refractivity contribution in [2.24, 2.45) is 0 Å². The van der Waals surface area contributed by atoms with Crippen LogP contribution < -0.4 is 10.1 Å². The average molecular weight is 323 g/mol. The van der Waals surface area contributed by atoms with E-state index in [-0.39, 0.29) is 6.10 Å². The Bertz CT molecular complexity index is 667. The van der Waals surface area contributed by atoms with Crippen LogP contribution in [-0.4, -0.2) is 25.8 Å². The van der Waals surface area contributed by atoms with Gasteiger partial charge in [0.05, 0.1) is 5.56 Å². The van der Waals surface area contributed by atoms with Gasteiger partial charge in [0.2, 0.25) is 0 Å². The standard InChI is InChI=1S/C21H25NO2/c1-2-14-22-15-18-16-23-20-11-7-6-10-19(20)21(24-18)13-12-17-8-4-3-5-9-17/h3-11,13,18,22H,2,12,14-16H2,1H3. The number of rotatable bonds is 6. The van der Waals surface area contributed by atoms with Crippen LogP contribution in [0.4, 0.5) is 0 Å². The Balaban J connectivity index is 1.79. The van der Waals surface area contributed by atoms with E-state index in [1.54, 1.807) is 0 Å². The first kappa shape index (κ1) is 16.6. The first-order valence-electron chi connectivity index (χ1n) is 8.70. The van der Waals surface area contributed by atoms with E-state index in [1.807, 2.05) is 24.3 Å². The smallest absolute Gasteiger partial charge is 0.145 e. The molecule has 2 aromatic rings. The molecule has 126 valence electrons. The van der Waals surface area contributed by atoms with Crippen molar-refractivity contribution in [2.45, 2.75) is 25.9 Å². The number of para-hydroxylation sites is 1. The maximum Gasteiger partial charge on any atom is 0.145 e.